The molecule has 0 saturated heterocycles. The number of hydrogen-bond donors (Lipinski definition) is 1. The van der Waals surface area contributed by atoms with Crippen molar-refractivity contribution >= 4 is 50.3 Å². The van der Waals surface area contributed by atoms with Gasteiger partial charge in [0.05, 0.1) is 38.0 Å². The van der Waals surface area contributed by atoms with Crippen LogP contribution in [0.25, 0.3) is 39.0 Å². The molecule has 0 aliphatic rings. The largest absolute Gasteiger partial charge is 0.349 e. The van der Waals surface area contributed by atoms with E-state index in [-0.39, 0.29) is 11.3 Å². The molecule has 0 bridgehead atoms. The van der Waals surface area contributed by atoms with E-state index < -0.39 is 21.2 Å². The molecule has 0 radical (unpaired) electrons. The summed E-state index contributed by atoms with van der Waals surface area (Å²) in [5.41, 5.74) is 2.67. The van der Waals surface area contributed by atoms with E-state index in [0.717, 1.165) is 17.0 Å². The third kappa shape index (κ3) is 3.36. The highest BCUT2D eigenvalue weighted by Gasteiger charge is 2.28. The van der Waals surface area contributed by atoms with Crippen LogP contribution in [0.4, 0.5) is 22.7 Å². The molecule has 4 aromatic carbocycles. The highest BCUT2D eigenvalue weighted by Crippen LogP contribution is 2.42. The Morgan fingerprint density at radius 1 is 0.750 bits per heavy atom. The monoisotopic (exact) mass is 476 g/mol. The number of fused-ring (bicyclic) bond motifs is 5. The predicted molar refractivity (Wildman–Crippen MR) is 136 cm³/mol. The van der Waals surface area contributed by atoms with Gasteiger partial charge in [0.15, 0.2) is 0 Å². The van der Waals surface area contributed by atoms with Crippen LogP contribution in [0.3, 0.4) is 0 Å². The van der Waals surface area contributed by atoms with Gasteiger partial charge in [-0.25, -0.2) is 9.97 Å². The number of aromatic nitrogens is 3. The van der Waals surface area contributed by atoms with E-state index in [0.29, 0.717) is 28.2 Å². The lowest BCUT2D eigenvalue weighted by atomic mass is 10.1. The second-order valence-electron chi connectivity index (χ2n) is 8.10. The summed E-state index contributed by atoms with van der Waals surface area (Å²) >= 11 is 0. The van der Waals surface area contributed by atoms with Gasteiger partial charge >= 0.3 is 0 Å². The van der Waals surface area contributed by atoms with Crippen molar-refractivity contribution in [3.63, 3.8) is 0 Å². The number of para-hydroxylation sites is 4. The average Bonchev–Trinajstić information content (AvgIpc) is 3.29. The number of imidazole rings is 1. The third-order valence-corrected chi connectivity index (χ3v) is 5.94. The lowest BCUT2D eigenvalue weighted by molar-refractivity contribution is -0.393. The number of nitro benzene ring substituents is 2. The minimum atomic E-state index is -0.646. The number of rotatable bonds is 5. The van der Waals surface area contributed by atoms with Crippen LogP contribution in [0, 0.1) is 20.2 Å². The number of anilines is 2. The minimum Gasteiger partial charge on any atom is -0.349 e. The van der Waals surface area contributed by atoms with Crippen molar-refractivity contribution in [2.45, 2.75) is 0 Å². The molecule has 174 valence electrons. The standard InChI is InChI=1S/C26H16N6O4/c33-31(34)17-14-19(24(23(15-17)32(35)36)27-16-8-2-1-3-9-16)26-28-20-11-5-4-10-18(20)25-29-21-12-6-7-13-22(21)30(25)26/h1-15,27H. The van der Waals surface area contributed by atoms with Crippen LogP contribution < -0.4 is 5.32 Å². The second kappa shape index (κ2) is 8.13. The van der Waals surface area contributed by atoms with Crippen molar-refractivity contribution in [1.82, 2.24) is 14.4 Å². The number of benzene rings is 4. The zero-order valence-electron chi connectivity index (χ0n) is 18.5. The smallest absolute Gasteiger partial charge is 0.300 e. The zero-order valence-corrected chi connectivity index (χ0v) is 18.5. The molecule has 6 aromatic rings. The van der Waals surface area contributed by atoms with E-state index in [1.54, 1.807) is 28.7 Å². The Balaban J connectivity index is 1.78. The first kappa shape index (κ1) is 21.2. The summed E-state index contributed by atoms with van der Waals surface area (Å²) in [6, 6.07) is 26.0. The second-order valence-corrected chi connectivity index (χ2v) is 8.10. The van der Waals surface area contributed by atoms with E-state index in [4.69, 9.17) is 9.97 Å². The Labute approximate surface area is 202 Å². The maximum absolute atomic E-state index is 12.1. The van der Waals surface area contributed by atoms with Crippen LogP contribution in [-0.2, 0) is 0 Å². The van der Waals surface area contributed by atoms with Gasteiger partial charge in [-0.3, -0.25) is 24.6 Å². The van der Waals surface area contributed by atoms with Crippen molar-refractivity contribution < 1.29 is 9.85 Å². The summed E-state index contributed by atoms with van der Waals surface area (Å²) in [4.78, 5) is 32.3. The van der Waals surface area contributed by atoms with E-state index in [1.807, 2.05) is 54.6 Å². The van der Waals surface area contributed by atoms with Crippen LogP contribution >= 0.6 is 0 Å². The van der Waals surface area contributed by atoms with E-state index in [1.165, 1.54) is 6.07 Å². The van der Waals surface area contributed by atoms with Crippen molar-refractivity contribution in [2.75, 3.05) is 5.32 Å². The molecular formula is C26H16N6O4. The summed E-state index contributed by atoms with van der Waals surface area (Å²) in [6.45, 7) is 0. The fourth-order valence-corrected chi connectivity index (χ4v) is 4.36. The Morgan fingerprint density at radius 3 is 2.19 bits per heavy atom. The summed E-state index contributed by atoms with van der Waals surface area (Å²) in [7, 11) is 0. The van der Waals surface area contributed by atoms with Crippen molar-refractivity contribution in [2.24, 2.45) is 0 Å². The first-order valence-corrected chi connectivity index (χ1v) is 11.0. The molecule has 1 N–H and O–H groups in total. The van der Waals surface area contributed by atoms with Gasteiger partial charge in [0, 0.05) is 17.1 Å². The molecule has 0 aliphatic carbocycles. The number of nitrogens with zero attached hydrogens (tertiary/aromatic N) is 5. The fraction of sp³-hybridized carbons (Fsp3) is 0. The molecule has 6 rings (SSSR count). The molecule has 0 unspecified atom stereocenters. The van der Waals surface area contributed by atoms with Crippen LogP contribution in [0.5, 0.6) is 0 Å². The topological polar surface area (TPSA) is 128 Å². The maximum Gasteiger partial charge on any atom is 0.300 e. The average molecular weight is 476 g/mol. The van der Waals surface area contributed by atoms with Gasteiger partial charge in [0.1, 0.15) is 17.2 Å². The quantitative estimate of drug-likeness (QED) is 0.229. The fourth-order valence-electron chi connectivity index (χ4n) is 4.36. The van der Waals surface area contributed by atoms with Crippen LogP contribution in [0.1, 0.15) is 0 Å². The number of nitro groups is 2. The SMILES string of the molecule is O=[N+]([O-])c1cc(-c2nc3ccccc3c3nc4ccccc4n23)c(Nc2ccccc2)c([N+](=O)[O-])c1. The molecular weight excluding hydrogens is 460 g/mol. The molecule has 2 heterocycles. The zero-order chi connectivity index (χ0) is 24.8. The van der Waals surface area contributed by atoms with Gasteiger partial charge < -0.3 is 5.32 Å². The van der Waals surface area contributed by atoms with E-state index >= 15 is 0 Å². The van der Waals surface area contributed by atoms with Crippen molar-refractivity contribution in [1.29, 1.82) is 0 Å². The van der Waals surface area contributed by atoms with Gasteiger partial charge in [-0.2, -0.15) is 0 Å². The summed E-state index contributed by atoms with van der Waals surface area (Å²) in [6.07, 6.45) is 0. The molecule has 0 saturated carbocycles. The van der Waals surface area contributed by atoms with E-state index in [9.17, 15) is 20.2 Å². The first-order chi connectivity index (χ1) is 17.5. The van der Waals surface area contributed by atoms with Gasteiger partial charge in [0.25, 0.3) is 11.4 Å². The van der Waals surface area contributed by atoms with Crippen molar-refractivity contribution in [3.8, 4) is 11.4 Å². The Kier molecular flexibility index (Phi) is 4.78. The maximum atomic E-state index is 12.1. The highest BCUT2D eigenvalue weighted by molar-refractivity contribution is 6.00. The van der Waals surface area contributed by atoms with Crippen LogP contribution in [0.15, 0.2) is 91.0 Å². The van der Waals surface area contributed by atoms with Gasteiger partial charge in [-0.15, -0.1) is 0 Å². The molecule has 0 spiro atoms. The third-order valence-electron chi connectivity index (χ3n) is 5.94. The molecule has 36 heavy (non-hydrogen) atoms. The summed E-state index contributed by atoms with van der Waals surface area (Å²) in [5.74, 6) is 0.294. The van der Waals surface area contributed by atoms with Gasteiger partial charge in [0.2, 0.25) is 0 Å². The number of non-ortho nitro benzene ring substituents is 1. The molecule has 10 nitrogen and oxygen atoms in total. The predicted octanol–water partition coefficient (Wildman–Crippen LogP) is 6.26. The first-order valence-electron chi connectivity index (χ1n) is 11.0. The van der Waals surface area contributed by atoms with Crippen LogP contribution in [0.2, 0.25) is 0 Å². The molecule has 0 aliphatic heterocycles. The number of hydrogen-bond acceptors (Lipinski definition) is 7. The molecule has 0 atom stereocenters. The van der Waals surface area contributed by atoms with Crippen LogP contribution in [-0.4, -0.2) is 24.2 Å². The lowest BCUT2D eigenvalue weighted by Crippen LogP contribution is -2.05. The Hall–Kier alpha value is -5.38. The highest BCUT2D eigenvalue weighted by atomic mass is 16.6. The summed E-state index contributed by atoms with van der Waals surface area (Å²) in [5, 5.41) is 27.8. The number of nitrogens with one attached hydrogen (secondary N) is 1. The van der Waals surface area contributed by atoms with E-state index in [2.05, 4.69) is 5.32 Å². The lowest BCUT2D eigenvalue weighted by Gasteiger charge is -2.15. The molecule has 10 heteroatoms. The van der Waals surface area contributed by atoms with Gasteiger partial charge in [-0.05, 0) is 36.4 Å². The molecule has 2 aromatic heterocycles. The van der Waals surface area contributed by atoms with Gasteiger partial charge in [-0.1, -0.05) is 42.5 Å². The molecule has 0 amide bonds. The van der Waals surface area contributed by atoms with Crippen molar-refractivity contribution in [3.05, 3.63) is 111 Å². The minimum absolute atomic E-state index is 0.0960. The normalized spacial score (nSPS) is 11.2. The Bertz CT molecular complexity index is 1830. The molecule has 0 fully saturated rings. The Morgan fingerprint density at radius 2 is 1.44 bits per heavy atom. The summed E-state index contributed by atoms with van der Waals surface area (Å²) < 4.78 is 1.79.